The third kappa shape index (κ3) is 9.03. The molecule has 1 aromatic heterocycles. The number of rotatable bonds is 11. The molecule has 1 fully saturated rings. The Morgan fingerprint density at radius 1 is 1.26 bits per heavy atom. The van der Waals surface area contributed by atoms with Gasteiger partial charge in [-0.25, -0.2) is 4.79 Å². The number of carbonyl (C=O) groups excluding carboxylic acids is 1. The molecule has 1 saturated heterocycles. The first-order valence-electron chi connectivity index (χ1n) is 17.5. The number of amides is 1. The summed E-state index contributed by atoms with van der Waals surface area (Å²) in [5.41, 5.74) is 4.34. The minimum absolute atomic E-state index is 0.135. The number of allylic oxidation sites excluding steroid dienone is 1. The average molecular weight is 692 g/mol. The van der Waals surface area contributed by atoms with Crippen LogP contribution in [0.1, 0.15) is 71.2 Å². The highest BCUT2D eigenvalue weighted by molar-refractivity contribution is 5.85. The Labute approximate surface area is 294 Å². The number of aliphatic hydroxyl groups excluding tert-OH is 2. The number of azo groups is 1. The topological polar surface area (TPSA) is 171 Å². The monoisotopic (exact) mass is 691 g/mol. The number of ether oxygens (including phenoxy) is 2. The van der Waals surface area contributed by atoms with Crippen LogP contribution in [-0.2, 0) is 9.53 Å². The lowest BCUT2D eigenvalue weighted by molar-refractivity contribution is -0.120. The van der Waals surface area contributed by atoms with Crippen LogP contribution in [0.2, 0.25) is 0 Å². The second-order valence-electron chi connectivity index (χ2n) is 12.7. The van der Waals surface area contributed by atoms with Crippen molar-refractivity contribution in [2.24, 2.45) is 10.2 Å². The molecule has 1 amide bonds. The predicted molar refractivity (Wildman–Crippen MR) is 194 cm³/mol. The molecule has 2 aliphatic heterocycles. The Kier molecular flexibility index (Phi) is 11.7. The molecule has 0 radical (unpaired) electrons. The molecular formula is C37H48N6O7. The number of nitrogens with one attached hydrogen (secondary N) is 2. The number of H-pyrrole nitrogens is 1. The van der Waals surface area contributed by atoms with Gasteiger partial charge in [0.05, 0.1) is 36.1 Å². The molecule has 0 saturated carbocycles. The maximum Gasteiger partial charge on any atom is 0.330 e. The lowest BCUT2D eigenvalue weighted by Crippen LogP contribution is -2.45. The zero-order valence-corrected chi connectivity index (χ0v) is 29.4. The fourth-order valence-electron chi connectivity index (χ4n) is 6.03. The Morgan fingerprint density at radius 2 is 2.00 bits per heavy atom. The van der Waals surface area contributed by atoms with Crippen LogP contribution in [0.25, 0.3) is 11.6 Å². The van der Waals surface area contributed by atoms with E-state index in [9.17, 15) is 19.5 Å². The fraction of sp³-hybridized carbons (Fsp3) is 0.432. The predicted octanol–water partition coefficient (Wildman–Crippen LogP) is 5.16. The number of nitrogens with zero attached hydrogens (tertiary/aromatic N) is 4. The smallest absolute Gasteiger partial charge is 0.330 e. The molecule has 0 aliphatic carbocycles. The number of anilines is 1. The van der Waals surface area contributed by atoms with Crippen LogP contribution in [0.4, 0.5) is 17.1 Å². The molecule has 3 heterocycles. The minimum Gasteiger partial charge on any atom is -0.494 e. The second-order valence-corrected chi connectivity index (χ2v) is 12.7. The van der Waals surface area contributed by atoms with Crippen LogP contribution in [0.15, 0.2) is 74.6 Å². The van der Waals surface area contributed by atoms with Gasteiger partial charge in [-0.2, -0.15) is 5.11 Å². The van der Waals surface area contributed by atoms with Crippen LogP contribution in [0, 0.1) is 6.92 Å². The quantitative estimate of drug-likeness (QED) is 0.200. The van der Waals surface area contributed by atoms with E-state index in [0.717, 1.165) is 28.1 Å². The third-order valence-corrected chi connectivity index (χ3v) is 8.60. The van der Waals surface area contributed by atoms with Crippen molar-refractivity contribution in [2.45, 2.75) is 77.8 Å². The van der Waals surface area contributed by atoms with E-state index >= 15 is 0 Å². The van der Waals surface area contributed by atoms with Crippen molar-refractivity contribution in [3.8, 4) is 5.75 Å². The number of aromatic amines is 1. The van der Waals surface area contributed by atoms with Crippen LogP contribution in [-0.4, -0.2) is 72.2 Å². The molecule has 0 spiro atoms. The van der Waals surface area contributed by atoms with Gasteiger partial charge in [-0.3, -0.25) is 19.1 Å². The van der Waals surface area contributed by atoms with Crippen LogP contribution >= 0.6 is 0 Å². The Morgan fingerprint density at radius 3 is 2.68 bits per heavy atom. The molecule has 3 atom stereocenters. The summed E-state index contributed by atoms with van der Waals surface area (Å²) >= 11 is 0. The highest BCUT2D eigenvalue weighted by Gasteiger charge is 2.33. The van der Waals surface area contributed by atoms with Crippen molar-refractivity contribution in [3.05, 3.63) is 92.3 Å². The van der Waals surface area contributed by atoms with Gasteiger partial charge in [0.15, 0.2) is 0 Å². The summed E-state index contributed by atoms with van der Waals surface area (Å²) < 4.78 is 25.7. The number of aryl methyl sites for hydroxylation is 1. The van der Waals surface area contributed by atoms with Gasteiger partial charge in [-0.1, -0.05) is 35.9 Å². The first-order valence-corrected chi connectivity index (χ1v) is 16.4. The Balaban J connectivity index is 0.00000195. The summed E-state index contributed by atoms with van der Waals surface area (Å²) in [6.07, 6.45) is 5.41. The van der Waals surface area contributed by atoms with Gasteiger partial charge in [0.1, 0.15) is 17.7 Å². The second kappa shape index (κ2) is 16.7. The number of fused-ring (bicyclic) bond motifs is 1. The van der Waals surface area contributed by atoms with Crippen LogP contribution < -0.4 is 26.2 Å². The molecule has 13 heteroatoms. The first kappa shape index (κ1) is 35.0. The highest BCUT2D eigenvalue weighted by Crippen LogP contribution is 2.45. The average Bonchev–Trinajstić information content (AvgIpc) is 3.48. The number of hydrogen-bond donors (Lipinski definition) is 4. The zero-order chi connectivity index (χ0) is 38.0. The van der Waals surface area contributed by atoms with E-state index in [2.05, 4.69) is 57.4 Å². The van der Waals surface area contributed by atoms with Gasteiger partial charge in [-0.05, 0) is 64.8 Å². The maximum atomic E-state index is 12.8. The molecule has 50 heavy (non-hydrogen) atoms. The van der Waals surface area contributed by atoms with Crippen LogP contribution in [0.5, 0.6) is 5.75 Å². The number of methoxy groups -OCH3 is 1. The SMILES string of the molecule is [2H]C[C@H]1O[C@@H](n2cc(/C=C/CNC(=O)CCCN3c4cc(OC)c(N=Nc5ccc(C)cc5)cc4C(C)=CC3(C)C)c(=O)[nH]c2=O)C[C@H]1O.[3H]OC. The van der Waals surface area contributed by atoms with E-state index in [1.807, 2.05) is 43.3 Å². The zero-order valence-electron chi connectivity index (χ0n) is 31.4. The molecule has 268 valence electrons. The van der Waals surface area contributed by atoms with Crippen molar-refractivity contribution in [2.75, 3.05) is 32.2 Å². The summed E-state index contributed by atoms with van der Waals surface area (Å²) in [6.45, 7) is 9.06. The molecule has 3 aromatic rings. The normalized spacial score (nSPS) is 20.1. The number of hydrogen-bond acceptors (Lipinski definition) is 10. The van der Waals surface area contributed by atoms with E-state index in [1.54, 1.807) is 13.2 Å². The molecule has 5 rings (SSSR count). The van der Waals surface area contributed by atoms with Crippen molar-refractivity contribution in [1.82, 2.24) is 14.9 Å². The number of aromatic nitrogens is 2. The van der Waals surface area contributed by atoms with E-state index in [1.165, 1.54) is 23.9 Å². The van der Waals surface area contributed by atoms with Gasteiger partial charge in [0, 0.05) is 57.9 Å². The van der Waals surface area contributed by atoms with Crippen molar-refractivity contribution in [3.63, 3.8) is 0 Å². The van der Waals surface area contributed by atoms with E-state index in [4.69, 9.17) is 12.3 Å². The minimum atomic E-state index is -0.866. The lowest BCUT2D eigenvalue weighted by Gasteiger charge is -2.43. The van der Waals surface area contributed by atoms with Gasteiger partial charge >= 0.3 is 5.69 Å². The van der Waals surface area contributed by atoms with Crippen LogP contribution in [0.3, 0.4) is 0 Å². The molecule has 0 unspecified atom stereocenters. The summed E-state index contributed by atoms with van der Waals surface area (Å²) in [5, 5.41) is 25.3. The summed E-state index contributed by atoms with van der Waals surface area (Å²) in [6, 6.07) is 11.8. The standard InChI is InChI=1S/C36H44N6O6.CH4O/c1-22-11-13-26(14-12-22)39-40-28-17-27-23(2)20-36(4,5)42(29(27)18-31(28)47-6)16-8-10-32(44)37-15-7-9-25-21-41(35(46)38-34(25)45)33-19-30(43)24(3)48-33;1-2/h7,9,11-14,17-18,20-21,24,30,33,43H,8,10,15-16,19H2,1-6H3,(H,37,44)(H,38,45,46);2H,1H3/b9-7+,40-39?;/t24-,30-,33-;/m1./s1/i3D;2T. The van der Waals surface area contributed by atoms with E-state index < -0.39 is 29.7 Å². The van der Waals surface area contributed by atoms with Crippen molar-refractivity contribution in [1.29, 1.82) is 1.43 Å². The first-order chi connectivity index (χ1) is 24.8. The van der Waals surface area contributed by atoms with Gasteiger partial charge < -0.3 is 29.9 Å². The van der Waals surface area contributed by atoms with E-state index in [0.29, 0.717) is 30.8 Å². The Hall–Kier alpha value is -4.85. The summed E-state index contributed by atoms with van der Waals surface area (Å²) in [5.74, 6) is 0.471. The molecule has 2 aromatic carbocycles. The lowest BCUT2D eigenvalue weighted by atomic mass is 9.88. The van der Waals surface area contributed by atoms with Crippen molar-refractivity contribution >= 4 is 34.6 Å². The number of benzene rings is 2. The van der Waals surface area contributed by atoms with Gasteiger partial charge in [-0.15, -0.1) is 5.11 Å². The Bertz CT molecular complexity index is 1910. The van der Waals surface area contributed by atoms with Crippen molar-refractivity contribution < 1.29 is 25.9 Å². The van der Waals surface area contributed by atoms with E-state index in [-0.39, 0.29) is 36.9 Å². The highest BCUT2D eigenvalue weighted by atomic mass is 16.5. The van der Waals surface area contributed by atoms with Gasteiger partial charge in [0.25, 0.3) is 5.56 Å². The molecule has 4 N–H and O–H groups in total. The molecule has 0 bridgehead atoms. The van der Waals surface area contributed by atoms with Gasteiger partial charge in [0.2, 0.25) is 7.34 Å². The summed E-state index contributed by atoms with van der Waals surface area (Å²) in [7, 11) is 2.91. The molecule has 2 aliphatic rings. The fourth-order valence-corrected chi connectivity index (χ4v) is 6.03. The maximum absolute atomic E-state index is 12.8. The summed E-state index contributed by atoms with van der Waals surface area (Å²) in [4.78, 5) is 42.0. The number of carbonyl (C=O) groups is 1. The molecule has 13 nitrogen and oxygen atoms in total. The largest absolute Gasteiger partial charge is 0.494 e. The molecular weight excluding hydrogens is 640 g/mol. The number of aliphatic hydroxyl groups is 2. The third-order valence-electron chi connectivity index (χ3n) is 8.60.